The van der Waals surface area contributed by atoms with Gasteiger partial charge < -0.3 is 0 Å². The summed E-state index contributed by atoms with van der Waals surface area (Å²) in [6, 6.07) is 4.48. The van der Waals surface area contributed by atoms with Gasteiger partial charge >= 0.3 is 0 Å². The second-order valence-electron chi connectivity index (χ2n) is 3.83. The van der Waals surface area contributed by atoms with Gasteiger partial charge in [0.25, 0.3) is 10.0 Å². The first-order valence-electron chi connectivity index (χ1n) is 5.34. The molecule has 20 heavy (non-hydrogen) atoms. The van der Waals surface area contributed by atoms with Crippen molar-refractivity contribution in [2.24, 2.45) is 0 Å². The molecule has 0 fully saturated rings. The Bertz CT molecular complexity index is 887. The van der Waals surface area contributed by atoms with Crippen LogP contribution in [0.25, 0.3) is 11.2 Å². The molecular weight excluding hydrogens is 323 g/mol. The lowest BCUT2D eigenvalue weighted by atomic mass is 10.4. The number of hydrogen-bond donors (Lipinski definition) is 0. The van der Waals surface area contributed by atoms with Crippen LogP contribution < -0.4 is 0 Å². The quantitative estimate of drug-likeness (QED) is 0.721. The molecule has 102 valence electrons. The van der Waals surface area contributed by atoms with E-state index >= 15 is 0 Å². The lowest BCUT2D eigenvalue weighted by Gasteiger charge is -2.09. The summed E-state index contributed by atoms with van der Waals surface area (Å²) in [6.45, 7) is 0. The van der Waals surface area contributed by atoms with Gasteiger partial charge in [0.1, 0.15) is 23.1 Å². The van der Waals surface area contributed by atoms with E-state index in [-0.39, 0.29) is 26.1 Å². The zero-order chi connectivity index (χ0) is 14.3. The van der Waals surface area contributed by atoms with Gasteiger partial charge in [-0.1, -0.05) is 29.3 Å². The second kappa shape index (κ2) is 4.69. The Balaban J connectivity index is 2.33. The van der Waals surface area contributed by atoms with Gasteiger partial charge in [-0.05, 0) is 12.1 Å². The zero-order valence-corrected chi connectivity index (χ0v) is 12.1. The number of imidazole rings is 1. The summed E-state index contributed by atoms with van der Waals surface area (Å²) in [6.07, 6.45) is 3.79. The lowest BCUT2D eigenvalue weighted by Crippen LogP contribution is -2.13. The highest BCUT2D eigenvalue weighted by Gasteiger charge is 2.25. The highest BCUT2D eigenvalue weighted by molar-refractivity contribution is 7.90. The molecule has 3 rings (SSSR count). The van der Waals surface area contributed by atoms with Crippen molar-refractivity contribution in [1.29, 1.82) is 0 Å². The molecule has 0 amide bonds. The number of rotatable bonds is 2. The van der Waals surface area contributed by atoms with Crippen molar-refractivity contribution in [3.8, 4) is 0 Å². The summed E-state index contributed by atoms with van der Waals surface area (Å²) in [5.74, 6) is 0. The molecule has 0 saturated heterocycles. The van der Waals surface area contributed by atoms with E-state index in [1.54, 1.807) is 6.07 Å². The molecule has 0 aliphatic rings. The Morgan fingerprint density at radius 3 is 2.50 bits per heavy atom. The first-order valence-corrected chi connectivity index (χ1v) is 7.54. The SMILES string of the molecule is O=S(=O)(c1c(Cl)cccc1Cl)n1cnc2ncncc21. The third-order valence-corrected chi connectivity index (χ3v) is 5.25. The molecule has 3 aromatic rings. The van der Waals surface area contributed by atoms with Crippen LogP contribution in [0.4, 0.5) is 0 Å². The minimum absolute atomic E-state index is 0.0381. The van der Waals surface area contributed by atoms with Gasteiger partial charge in [0.15, 0.2) is 5.65 Å². The molecule has 2 aromatic heterocycles. The summed E-state index contributed by atoms with van der Waals surface area (Å²) >= 11 is 11.9. The van der Waals surface area contributed by atoms with Crippen molar-refractivity contribution in [2.75, 3.05) is 0 Å². The molecule has 0 spiro atoms. The van der Waals surface area contributed by atoms with Crippen molar-refractivity contribution in [1.82, 2.24) is 18.9 Å². The molecule has 0 atom stereocenters. The largest absolute Gasteiger partial charge is 0.272 e. The van der Waals surface area contributed by atoms with Crippen LogP contribution in [-0.4, -0.2) is 27.3 Å². The van der Waals surface area contributed by atoms with E-state index < -0.39 is 10.0 Å². The van der Waals surface area contributed by atoms with Gasteiger partial charge in [-0.2, -0.15) is 0 Å². The van der Waals surface area contributed by atoms with Crippen LogP contribution in [0.5, 0.6) is 0 Å². The highest BCUT2D eigenvalue weighted by atomic mass is 35.5. The van der Waals surface area contributed by atoms with Crippen molar-refractivity contribution in [3.05, 3.63) is 47.1 Å². The molecule has 0 radical (unpaired) electrons. The molecule has 0 N–H and O–H groups in total. The van der Waals surface area contributed by atoms with Crippen molar-refractivity contribution < 1.29 is 8.42 Å². The first-order chi connectivity index (χ1) is 9.51. The molecule has 1 aromatic carbocycles. The fraction of sp³-hybridized carbons (Fsp3) is 0. The summed E-state index contributed by atoms with van der Waals surface area (Å²) in [4.78, 5) is 11.4. The summed E-state index contributed by atoms with van der Waals surface area (Å²) < 4.78 is 26.3. The number of hydrogen-bond acceptors (Lipinski definition) is 5. The van der Waals surface area contributed by atoms with E-state index in [9.17, 15) is 8.42 Å². The fourth-order valence-electron chi connectivity index (χ4n) is 1.76. The first kappa shape index (κ1) is 13.3. The van der Waals surface area contributed by atoms with Crippen LogP contribution in [0, 0.1) is 0 Å². The smallest absolute Gasteiger partial charge is 0.242 e. The fourth-order valence-corrected chi connectivity index (χ4v) is 4.13. The Hall–Kier alpha value is -1.70. The molecule has 0 aliphatic heterocycles. The Morgan fingerprint density at radius 1 is 1.10 bits per heavy atom. The number of aromatic nitrogens is 4. The topological polar surface area (TPSA) is 77.7 Å². The minimum atomic E-state index is -3.97. The van der Waals surface area contributed by atoms with Crippen molar-refractivity contribution in [2.45, 2.75) is 4.90 Å². The Labute approximate surface area is 124 Å². The van der Waals surface area contributed by atoms with Gasteiger partial charge in [0.2, 0.25) is 0 Å². The van der Waals surface area contributed by atoms with Crippen LogP contribution in [0.15, 0.2) is 41.9 Å². The molecule has 9 heteroatoms. The average Bonchev–Trinajstić information content (AvgIpc) is 2.82. The van der Waals surface area contributed by atoms with Crippen LogP contribution in [0.3, 0.4) is 0 Å². The van der Waals surface area contributed by atoms with Gasteiger partial charge in [-0.15, -0.1) is 0 Å². The standard InChI is InChI=1S/C11H6Cl2N4O2S/c12-7-2-1-3-8(13)10(7)20(18,19)17-6-16-11-9(17)4-14-5-15-11/h1-6H. The lowest BCUT2D eigenvalue weighted by molar-refractivity contribution is 0.589. The van der Waals surface area contributed by atoms with Gasteiger partial charge in [0.05, 0.1) is 16.2 Å². The summed E-state index contributed by atoms with van der Waals surface area (Å²) in [5, 5.41) is 0.0763. The predicted octanol–water partition coefficient (Wildman–Crippen LogP) is 2.37. The third kappa shape index (κ3) is 1.94. The van der Waals surface area contributed by atoms with E-state index in [0.29, 0.717) is 0 Å². The van der Waals surface area contributed by atoms with Gasteiger partial charge in [-0.3, -0.25) is 0 Å². The van der Waals surface area contributed by atoms with Crippen LogP contribution in [0.2, 0.25) is 10.0 Å². The van der Waals surface area contributed by atoms with Crippen molar-refractivity contribution >= 4 is 44.4 Å². The molecule has 0 bridgehead atoms. The van der Waals surface area contributed by atoms with E-state index in [0.717, 1.165) is 10.3 Å². The summed E-state index contributed by atoms with van der Waals surface area (Å²) in [5.41, 5.74) is 0.523. The predicted molar refractivity (Wildman–Crippen MR) is 74.4 cm³/mol. The van der Waals surface area contributed by atoms with Crippen molar-refractivity contribution in [3.63, 3.8) is 0 Å². The Kier molecular flexibility index (Phi) is 3.12. The maximum atomic E-state index is 12.6. The molecule has 6 nitrogen and oxygen atoms in total. The second-order valence-corrected chi connectivity index (χ2v) is 6.39. The summed E-state index contributed by atoms with van der Waals surface area (Å²) in [7, 11) is -3.97. The van der Waals surface area contributed by atoms with Gasteiger partial charge in [-0.25, -0.2) is 27.3 Å². The normalized spacial score (nSPS) is 11.9. The number of fused-ring (bicyclic) bond motifs is 1. The van der Waals surface area contributed by atoms with E-state index in [1.807, 2.05) is 0 Å². The molecule has 0 unspecified atom stereocenters. The van der Waals surface area contributed by atoms with E-state index in [1.165, 1.54) is 24.7 Å². The third-order valence-electron chi connectivity index (χ3n) is 2.63. The number of benzene rings is 1. The van der Waals surface area contributed by atoms with Crippen LogP contribution in [-0.2, 0) is 10.0 Å². The van der Waals surface area contributed by atoms with Crippen LogP contribution in [0.1, 0.15) is 0 Å². The van der Waals surface area contributed by atoms with Gasteiger partial charge in [0, 0.05) is 0 Å². The Morgan fingerprint density at radius 2 is 1.80 bits per heavy atom. The number of halogens is 2. The van der Waals surface area contributed by atoms with E-state index in [4.69, 9.17) is 23.2 Å². The molecule has 0 saturated carbocycles. The number of nitrogens with zero attached hydrogens (tertiary/aromatic N) is 4. The molecule has 0 aliphatic carbocycles. The average molecular weight is 329 g/mol. The zero-order valence-electron chi connectivity index (χ0n) is 9.73. The maximum Gasteiger partial charge on any atom is 0.272 e. The monoisotopic (exact) mass is 328 g/mol. The highest BCUT2D eigenvalue weighted by Crippen LogP contribution is 2.31. The minimum Gasteiger partial charge on any atom is -0.242 e. The molecular formula is C11H6Cl2N4O2S. The molecule has 2 heterocycles. The maximum absolute atomic E-state index is 12.6. The van der Waals surface area contributed by atoms with E-state index in [2.05, 4.69) is 15.0 Å². The van der Waals surface area contributed by atoms with Crippen LogP contribution >= 0.6 is 23.2 Å².